The summed E-state index contributed by atoms with van der Waals surface area (Å²) in [6, 6.07) is 0. The van der Waals surface area contributed by atoms with Crippen LogP contribution in [0.2, 0.25) is 0 Å². The van der Waals surface area contributed by atoms with Crippen LogP contribution in [-0.2, 0) is 17.9 Å². The molecule has 146 valence electrons. The zero-order chi connectivity index (χ0) is 18.4. The van der Waals surface area contributed by atoms with Gasteiger partial charge in [-0.05, 0) is 32.1 Å². The molecule has 2 fully saturated rings. The number of rotatable bonds is 8. The van der Waals surface area contributed by atoms with Gasteiger partial charge in [0.05, 0.1) is 6.20 Å². The average Bonchev–Trinajstić information content (AvgIpc) is 3.12. The van der Waals surface area contributed by atoms with Gasteiger partial charge in [0.2, 0.25) is 0 Å². The van der Waals surface area contributed by atoms with Crippen molar-refractivity contribution < 1.29 is 9.90 Å². The minimum Gasteiger partial charge on any atom is -0.379 e. The number of amides is 1. The summed E-state index contributed by atoms with van der Waals surface area (Å²) >= 11 is 0. The van der Waals surface area contributed by atoms with E-state index in [-0.39, 0.29) is 5.91 Å². The third-order valence-corrected chi connectivity index (χ3v) is 5.99. The number of aryl methyl sites for hydroxylation is 1. The number of hydrogen-bond acceptors (Lipinski definition) is 4. The molecule has 3 rings (SSSR count). The van der Waals surface area contributed by atoms with Crippen LogP contribution in [-0.4, -0.2) is 50.9 Å². The van der Waals surface area contributed by atoms with E-state index < -0.39 is 5.60 Å². The maximum Gasteiger partial charge on any atom is 0.255 e. The normalized spacial score (nSPS) is 25.0. The highest BCUT2D eigenvalue weighted by Gasteiger charge is 2.41. The van der Waals surface area contributed by atoms with Crippen LogP contribution < -0.4 is 5.32 Å². The molecule has 1 aromatic heterocycles. The molecule has 0 bridgehead atoms. The topological polar surface area (TPSA) is 70.4 Å². The van der Waals surface area contributed by atoms with Gasteiger partial charge in [-0.3, -0.25) is 9.48 Å². The second-order valence-corrected chi connectivity index (χ2v) is 8.03. The van der Waals surface area contributed by atoms with Crippen molar-refractivity contribution in [2.45, 2.75) is 77.0 Å². The van der Waals surface area contributed by atoms with Crippen LogP contribution in [0.1, 0.15) is 63.9 Å². The van der Waals surface area contributed by atoms with Gasteiger partial charge in [-0.1, -0.05) is 32.1 Å². The second kappa shape index (κ2) is 9.00. The van der Waals surface area contributed by atoms with Crippen LogP contribution in [0, 0.1) is 5.92 Å². The maximum absolute atomic E-state index is 12.8. The zero-order valence-electron chi connectivity index (χ0n) is 16.1. The summed E-state index contributed by atoms with van der Waals surface area (Å²) in [7, 11) is 0. The quantitative estimate of drug-likeness (QED) is 0.745. The fraction of sp³-hybridized carbons (Fsp3) is 0.800. The highest BCUT2D eigenvalue weighted by atomic mass is 16.3. The summed E-state index contributed by atoms with van der Waals surface area (Å²) in [6.07, 6.45) is 13.0. The SMILES string of the molecule is CCn1cc(CNCC2(O)CCCN(CCC3CCCCC3)C2=O)cn1. The summed E-state index contributed by atoms with van der Waals surface area (Å²) in [6.45, 7) is 5.42. The highest BCUT2D eigenvalue weighted by molar-refractivity contribution is 5.86. The average molecular weight is 363 g/mol. The first-order valence-corrected chi connectivity index (χ1v) is 10.3. The van der Waals surface area contributed by atoms with Gasteiger partial charge in [-0.15, -0.1) is 0 Å². The molecule has 1 unspecified atom stereocenters. The molecule has 1 aliphatic heterocycles. The first kappa shape index (κ1) is 19.4. The van der Waals surface area contributed by atoms with Gasteiger partial charge < -0.3 is 15.3 Å². The van der Waals surface area contributed by atoms with Gasteiger partial charge >= 0.3 is 0 Å². The van der Waals surface area contributed by atoms with E-state index in [2.05, 4.69) is 17.3 Å². The van der Waals surface area contributed by atoms with Crippen LogP contribution >= 0.6 is 0 Å². The third-order valence-electron chi connectivity index (χ3n) is 5.99. The van der Waals surface area contributed by atoms with E-state index >= 15 is 0 Å². The van der Waals surface area contributed by atoms with Crippen molar-refractivity contribution in [1.29, 1.82) is 0 Å². The van der Waals surface area contributed by atoms with Gasteiger partial charge in [0.25, 0.3) is 5.91 Å². The van der Waals surface area contributed by atoms with Crippen LogP contribution in [0.25, 0.3) is 0 Å². The van der Waals surface area contributed by atoms with E-state index in [0.717, 1.165) is 44.0 Å². The molecule has 26 heavy (non-hydrogen) atoms. The highest BCUT2D eigenvalue weighted by Crippen LogP contribution is 2.28. The Bertz CT molecular complexity index is 582. The monoisotopic (exact) mass is 362 g/mol. The fourth-order valence-corrected chi connectivity index (χ4v) is 4.34. The second-order valence-electron chi connectivity index (χ2n) is 8.03. The molecule has 6 heteroatoms. The predicted octanol–water partition coefficient (Wildman–Crippen LogP) is 2.32. The number of nitrogens with one attached hydrogen (secondary N) is 1. The predicted molar refractivity (Wildman–Crippen MR) is 102 cm³/mol. The van der Waals surface area contributed by atoms with Crippen LogP contribution in [0.3, 0.4) is 0 Å². The zero-order valence-corrected chi connectivity index (χ0v) is 16.1. The molecule has 1 atom stereocenters. The summed E-state index contributed by atoms with van der Waals surface area (Å²) in [5, 5.41) is 18.4. The van der Waals surface area contributed by atoms with Gasteiger partial charge in [0.1, 0.15) is 0 Å². The van der Waals surface area contributed by atoms with Crippen molar-refractivity contribution in [3.05, 3.63) is 18.0 Å². The number of likely N-dealkylation sites (tertiary alicyclic amines) is 1. The van der Waals surface area contributed by atoms with E-state index in [1.807, 2.05) is 22.0 Å². The van der Waals surface area contributed by atoms with Crippen LogP contribution in [0.4, 0.5) is 0 Å². The van der Waals surface area contributed by atoms with E-state index in [1.54, 1.807) is 0 Å². The number of carbonyl (C=O) groups is 1. The van der Waals surface area contributed by atoms with Crippen molar-refractivity contribution in [2.24, 2.45) is 5.92 Å². The number of hydrogen-bond donors (Lipinski definition) is 2. The number of carbonyl (C=O) groups excluding carboxylic acids is 1. The number of aliphatic hydroxyl groups is 1. The molecule has 1 aliphatic carbocycles. The van der Waals surface area contributed by atoms with Gasteiger partial charge in [-0.25, -0.2) is 0 Å². The van der Waals surface area contributed by atoms with E-state index in [0.29, 0.717) is 19.5 Å². The number of nitrogens with zero attached hydrogens (tertiary/aromatic N) is 3. The molecular formula is C20H34N4O2. The molecule has 2 aliphatic rings. The Kier molecular flexibility index (Phi) is 6.70. The summed E-state index contributed by atoms with van der Waals surface area (Å²) < 4.78 is 1.88. The Hall–Kier alpha value is -1.40. The minimum absolute atomic E-state index is 0.0867. The molecule has 0 radical (unpaired) electrons. The lowest BCUT2D eigenvalue weighted by atomic mass is 9.86. The largest absolute Gasteiger partial charge is 0.379 e. The summed E-state index contributed by atoms with van der Waals surface area (Å²) in [5.41, 5.74) is -0.182. The van der Waals surface area contributed by atoms with Crippen LogP contribution in [0.5, 0.6) is 0 Å². The van der Waals surface area contributed by atoms with Crippen molar-refractivity contribution in [2.75, 3.05) is 19.6 Å². The van der Waals surface area contributed by atoms with Crippen molar-refractivity contribution >= 4 is 5.91 Å². The lowest BCUT2D eigenvalue weighted by molar-refractivity contribution is -0.156. The molecule has 0 spiro atoms. The number of aromatic nitrogens is 2. The Morgan fingerprint density at radius 3 is 2.85 bits per heavy atom. The molecule has 1 saturated heterocycles. The first-order chi connectivity index (χ1) is 12.6. The molecule has 1 amide bonds. The first-order valence-electron chi connectivity index (χ1n) is 10.3. The molecule has 0 aromatic carbocycles. The Labute approximate surface area is 156 Å². The molecule has 1 aromatic rings. The lowest BCUT2D eigenvalue weighted by Gasteiger charge is -2.39. The third kappa shape index (κ3) is 4.86. The fourth-order valence-electron chi connectivity index (χ4n) is 4.34. The Morgan fingerprint density at radius 2 is 2.12 bits per heavy atom. The summed E-state index contributed by atoms with van der Waals surface area (Å²) in [5.74, 6) is 0.677. The van der Waals surface area contributed by atoms with Gasteiger partial charge in [-0.2, -0.15) is 5.10 Å². The van der Waals surface area contributed by atoms with Crippen LogP contribution in [0.15, 0.2) is 12.4 Å². The number of piperidine rings is 1. The molecule has 1 saturated carbocycles. The van der Waals surface area contributed by atoms with Gasteiger partial charge in [0, 0.05) is 44.5 Å². The Morgan fingerprint density at radius 1 is 1.31 bits per heavy atom. The minimum atomic E-state index is -1.26. The molecular weight excluding hydrogens is 328 g/mol. The van der Waals surface area contributed by atoms with Crippen molar-refractivity contribution in [3.8, 4) is 0 Å². The molecule has 6 nitrogen and oxygen atoms in total. The van der Waals surface area contributed by atoms with Crippen molar-refractivity contribution in [1.82, 2.24) is 20.0 Å². The van der Waals surface area contributed by atoms with E-state index in [4.69, 9.17) is 0 Å². The standard InChI is InChI=1S/C20H34N4O2/c1-2-24-15-18(14-22-24)13-21-16-20(26)10-6-11-23(19(20)25)12-9-17-7-4-3-5-8-17/h14-15,17,21,26H,2-13,16H2,1H3. The van der Waals surface area contributed by atoms with Gasteiger partial charge in [0.15, 0.2) is 5.60 Å². The Balaban J connectivity index is 1.46. The van der Waals surface area contributed by atoms with Crippen molar-refractivity contribution in [3.63, 3.8) is 0 Å². The molecule has 2 N–H and O–H groups in total. The van der Waals surface area contributed by atoms with E-state index in [9.17, 15) is 9.90 Å². The lowest BCUT2D eigenvalue weighted by Crippen LogP contribution is -2.58. The summed E-state index contributed by atoms with van der Waals surface area (Å²) in [4.78, 5) is 14.7. The van der Waals surface area contributed by atoms with E-state index in [1.165, 1.54) is 32.1 Å². The molecule has 2 heterocycles. The maximum atomic E-state index is 12.8. The smallest absolute Gasteiger partial charge is 0.255 e.